The molecule has 0 unspecified atom stereocenters. The highest BCUT2D eigenvalue weighted by Gasteiger charge is 2.27. The highest BCUT2D eigenvalue weighted by atomic mass is 16.5. The van der Waals surface area contributed by atoms with Crippen LogP contribution in [0.4, 0.5) is 0 Å². The number of para-hydroxylation sites is 1. The van der Waals surface area contributed by atoms with Gasteiger partial charge in [0.25, 0.3) is 5.91 Å². The van der Waals surface area contributed by atoms with Gasteiger partial charge in [-0.3, -0.25) is 9.59 Å². The number of carbonyl (C=O) groups excluding carboxylic acids is 2. The van der Waals surface area contributed by atoms with E-state index in [-0.39, 0.29) is 24.5 Å². The van der Waals surface area contributed by atoms with E-state index in [2.05, 4.69) is 5.32 Å². The maximum absolute atomic E-state index is 13.0. The van der Waals surface area contributed by atoms with E-state index in [9.17, 15) is 9.59 Å². The normalized spacial score (nSPS) is 12.7. The summed E-state index contributed by atoms with van der Waals surface area (Å²) in [6, 6.07) is 16.7. The van der Waals surface area contributed by atoms with Crippen LogP contribution in [0.1, 0.15) is 38.3 Å². The van der Waals surface area contributed by atoms with Crippen molar-refractivity contribution >= 4 is 11.8 Å². The van der Waals surface area contributed by atoms with E-state index in [1.807, 2.05) is 75.4 Å². The van der Waals surface area contributed by atoms with Crippen molar-refractivity contribution in [3.8, 4) is 5.75 Å². The molecule has 0 aliphatic carbocycles. The molecule has 2 atom stereocenters. The number of carbonyl (C=O) groups is 2. The quantitative estimate of drug-likeness (QED) is 0.719. The molecule has 2 rings (SSSR count). The molecular formula is C23H30N2O3. The van der Waals surface area contributed by atoms with Crippen molar-refractivity contribution < 1.29 is 14.3 Å². The van der Waals surface area contributed by atoms with Crippen LogP contribution in [0, 0.1) is 6.92 Å². The topological polar surface area (TPSA) is 58.6 Å². The van der Waals surface area contributed by atoms with Crippen LogP contribution in [0.15, 0.2) is 54.6 Å². The third kappa shape index (κ3) is 6.12. The van der Waals surface area contributed by atoms with Crippen LogP contribution in [-0.2, 0) is 16.1 Å². The lowest BCUT2D eigenvalue weighted by molar-refractivity contribution is -0.142. The molecule has 2 amide bonds. The van der Waals surface area contributed by atoms with Crippen molar-refractivity contribution in [3.63, 3.8) is 0 Å². The van der Waals surface area contributed by atoms with Gasteiger partial charge in [0, 0.05) is 12.6 Å². The molecule has 2 aromatic carbocycles. The van der Waals surface area contributed by atoms with Gasteiger partial charge in [0.2, 0.25) is 5.91 Å². The molecule has 0 saturated heterocycles. The van der Waals surface area contributed by atoms with Crippen LogP contribution in [-0.4, -0.2) is 35.4 Å². The van der Waals surface area contributed by atoms with Crippen molar-refractivity contribution in [2.24, 2.45) is 0 Å². The Morgan fingerprint density at radius 3 is 2.32 bits per heavy atom. The molecule has 150 valence electrons. The second-order valence-electron chi connectivity index (χ2n) is 7.06. The van der Waals surface area contributed by atoms with E-state index in [1.165, 1.54) is 0 Å². The Hall–Kier alpha value is -2.82. The molecule has 1 N–H and O–H groups in total. The third-order valence-electron chi connectivity index (χ3n) is 4.81. The summed E-state index contributed by atoms with van der Waals surface area (Å²) >= 11 is 0. The molecule has 0 heterocycles. The largest absolute Gasteiger partial charge is 0.484 e. The lowest BCUT2D eigenvalue weighted by Gasteiger charge is -2.29. The summed E-state index contributed by atoms with van der Waals surface area (Å²) in [6.07, 6.45) is 0.835. The molecule has 0 fully saturated rings. The second kappa shape index (κ2) is 10.5. The van der Waals surface area contributed by atoms with Crippen molar-refractivity contribution in [3.05, 3.63) is 65.7 Å². The van der Waals surface area contributed by atoms with Crippen LogP contribution in [0.5, 0.6) is 5.75 Å². The number of hydrogen-bond acceptors (Lipinski definition) is 3. The Balaban J connectivity index is 2.13. The summed E-state index contributed by atoms with van der Waals surface area (Å²) in [5.74, 6) is 0.292. The number of aryl methyl sites for hydroxylation is 1. The first kappa shape index (κ1) is 21.5. The highest BCUT2D eigenvalue weighted by molar-refractivity contribution is 5.88. The molecular weight excluding hydrogens is 352 g/mol. The number of nitrogens with one attached hydrogen (secondary N) is 1. The third-order valence-corrected chi connectivity index (χ3v) is 4.81. The summed E-state index contributed by atoms with van der Waals surface area (Å²) in [4.78, 5) is 27.2. The van der Waals surface area contributed by atoms with Gasteiger partial charge in [0.05, 0.1) is 0 Å². The number of nitrogens with zero attached hydrogens (tertiary/aromatic N) is 1. The van der Waals surface area contributed by atoms with Crippen molar-refractivity contribution in [1.29, 1.82) is 0 Å². The van der Waals surface area contributed by atoms with Crippen molar-refractivity contribution in [2.45, 2.75) is 52.7 Å². The zero-order chi connectivity index (χ0) is 20.5. The van der Waals surface area contributed by atoms with Crippen molar-refractivity contribution in [1.82, 2.24) is 10.2 Å². The smallest absolute Gasteiger partial charge is 0.261 e. The molecule has 0 aliphatic heterocycles. The average Bonchev–Trinajstić information content (AvgIpc) is 2.71. The first-order valence-electron chi connectivity index (χ1n) is 9.74. The van der Waals surface area contributed by atoms with E-state index in [0.29, 0.717) is 12.3 Å². The fourth-order valence-electron chi connectivity index (χ4n) is 2.77. The van der Waals surface area contributed by atoms with Gasteiger partial charge in [-0.15, -0.1) is 0 Å². The molecule has 5 nitrogen and oxygen atoms in total. The van der Waals surface area contributed by atoms with E-state index in [1.54, 1.807) is 11.8 Å². The van der Waals surface area contributed by atoms with Gasteiger partial charge in [-0.25, -0.2) is 0 Å². The molecule has 0 radical (unpaired) electrons. The minimum atomic E-state index is -0.595. The summed E-state index contributed by atoms with van der Waals surface area (Å²) in [5, 5.41) is 2.96. The Labute approximate surface area is 167 Å². The van der Waals surface area contributed by atoms with E-state index in [4.69, 9.17) is 4.74 Å². The summed E-state index contributed by atoms with van der Waals surface area (Å²) in [5.41, 5.74) is 1.93. The van der Waals surface area contributed by atoms with E-state index >= 15 is 0 Å². The zero-order valence-electron chi connectivity index (χ0n) is 17.1. The average molecular weight is 383 g/mol. The lowest BCUT2D eigenvalue weighted by atomic mass is 10.1. The molecule has 0 saturated carbocycles. The van der Waals surface area contributed by atoms with Crippen LogP contribution in [0.3, 0.4) is 0 Å². The number of amides is 2. The van der Waals surface area contributed by atoms with Gasteiger partial charge in [0.15, 0.2) is 6.61 Å². The predicted molar refractivity (Wildman–Crippen MR) is 111 cm³/mol. The summed E-state index contributed by atoms with van der Waals surface area (Å²) in [6.45, 7) is 7.90. The summed E-state index contributed by atoms with van der Waals surface area (Å²) in [7, 11) is 0. The molecule has 0 aliphatic rings. The SMILES string of the molecule is CC[C@@H](C)NC(=O)[C@H](C)N(Cc1ccccc1)C(=O)COc1ccccc1C. The van der Waals surface area contributed by atoms with Gasteiger partial charge in [-0.05, 0) is 44.4 Å². The van der Waals surface area contributed by atoms with Crippen LogP contribution < -0.4 is 10.1 Å². The maximum Gasteiger partial charge on any atom is 0.261 e. The van der Waals surface area contributed by atoms with Gasteiger partial charge in [-0.1, -0.05) is 55.5 Å². The van der Waals surface area contributed by atoms with E-state index in [0.717, 1.165) is 17.5 Å². The lowest BCUT2D eigenvalue weighted by Crippen LogP contribution is -2.50. The Morgan fingerprint density at radius 1 is 1.04 bits per heavy atom. The monoisotopic (exact) mass is 382 g/mol. The number of ether oxygens (including phenoxy) is 1. The molecule has 0 bridgehead atoms. The van der Waals surface area contributed by atoms with Crippen LogP contribution in [0.2, 0.25) is 0 Å². The van der Waals surface area contributed by atoms with Gasteiger partial charge in [-0.2, -0.15) is 0 Å². The molecule has 0 spiro atoms. The minimum absolute atomic E-state index is 0.0619. The standard InChI is InChI=1S/C23H30N2O3/c1-5-18(3)24-23(27)19(4)25(15-20-12-7-6-8-13-20)22(26)16-28-21-14-10-9-11-17(21)2/h6-14,18-19H,5,15-16H2,1-4H3,(H,24,27)/t18-,19+/m1/s1. The Kier molecular flexibility index (Phi) is 8.05. The molecule has 5 heteroatoms. The Morgan fingerprint density at radius 2 is 1.68 bits per heavy atom. The first-order valence-corrected chi connectivity index (χ1v) is 9.74. The fraction of sp³-hybridized carbons (Fsp3) is 0.391. The number of benzene rings is 2. The van der Waals surface area contributed by atoms with Gasteiger partial charge >= 0.3 is 0 Å². The van der Waals surface area contributed by atoms with Gasteiger partial charge < -0.3 is 15.0 Å². The minimum Gasteiger partial charge on any atom is -0.484 e. The fourth-order valence-corrected chi connectivity index (χ4v) is 2.77. The van der Waals surface area contributed by atoms with Crippen LogP contribution >= 0.6 is 0 Å². The summed E-state index contributed by atoms with van der Waals surface area (Å²) < 4.78 is 5.73. The van der Waals surface area contributed by atoms with Gasteiger partial charge in [0.1, 0.15) is 11.8 Å². The molecule has 28 heavy (non-hydrogen) atoms. The Bertz CT molecular complexity index is 776. The van der Waals surface area contributed by atoms with Crippen LogP contribution in [0.25, 0.3) is 0 Å². The van der Waals surface area contributed by atoms with E-state index < -0.39 is 6.04 Å². The maximum atomic E-state index is 13.0. The first-order chi connectivity index (χ1) is 13.4. The number of hydrogen-bond donors (Lipinski definition) is 1. The number of rotatable bonds is 9. The predicted octanol–water partition coefficient (Wildman–Crippen LogP) is 3.71. The molecule has 2 aromatic rings. The second-order valence-corrected chi connectivity index (χ2v) is 7.06. The highest BCUT2D eigenvalue weighted by Crippen LogP contribution is 2.17. The van der Waals surface area contributed by atoms with Crippen molar-refractivity contribution in [2.75, 3.05) is 6.61 Å². The molecule has 0 aromatic heterocycles. The zero-order valence-corrected chi connectivity index (χ0v) is 17.1.